The third-order valence-electron chi connectivity index (χ3n) is 4.30. The minimum atomic E-state index is -5.89. The van der Waals surface area contributed by atoms with Crippen LogP contribution in [0, 0.1) is 0 Å². The molecule has 2 heterocycles. The van der Waals surface area contributed by atoms with Gasteiger partial charge in [0.05, 0.1) is 6.54 Å². The summed E-state index contributed by atoms with van der Waals surface area (Å²) < 4.78 is 66.7. The Labute approximate surface area is 158 Å². The average molecular weight is 419 g/mol. The molecule has 152 valence electrons. The fourth-order valence-corrected chi connectivity index (χ4v) is 3.37. The molecule has 0 saturated heterocycles. The Hall–Kier alpha value is -2.76. The first-order valence-electron chi connectivity index (χ1n) is 8.19. The summed E-state index contributed by atoms with van der Waals surface area (Å²) in [5.74, 6) is -0.671. The van der Waals surface area contributed by atoms with Crippen LogP contribution in [-0.2, 0) is 29.5 Å². The zero-order chi connectivity index (χ0) is 20.5. The van der Waals surface area contributed by atoms with Gasteiger partial charge in [0.2, 0.25) is 0 Å². The predicted octanol–water partition coefficient (Wildman–Crippen LogP) is 2.24. The zero-order valence-corrected chi connectivity index (χ0v) is 15.2. The summed E-state index contributed by atoms with van der Waals surface area (Å²) in [6.45, 7) is 0.266. The topological polar surface area (TPSA) is 102 Å². The highest BCUT2D eigenvalue weighted by atomic mass is 32.2. The van der Waals surface area contributed by atoms with Crippen molar-refractivity contribution in [3.8, 4) is 5.88 Å². The van der Waals surface area contributed by atoms with Gasteiger partial charge in [-0.25, -0.2) is 4.79 Å². The van der Waals surface area contributed by atoms with E-state index < -0.39 is 27.6 Å². The summed E-state index contributed by atoms with van der Waals surface area (Å²) in [5, 5.41) is 13.1. The van der Waals surface area contributed by atoms with E-state index in [9.17, 15) is 31.5 Å². The molecule has 3 rings (SSSR count). The van der Waals surface area contributed by atoms with Crippen molar-refractivity contribution in [2.75, 3.05) is 13.1 Å². The van der Waals surface area contributed by atoms with Crippen molar-refractivity contribution in [1.82, 2.24) is 14.7 Å². The monoisotopic (exact) mass is 419 g/mol. The quantitative estimate of drug-likeness (QED) is 0.603. The minimum Gasteiger partial charge on any atom is -0.465 e. The molecule has 1 aliphatic rings. The smallest absolute Gasteiger partial charge is 0.465 e. The number of hydrogen-bond acceptors (Lipinski definition) is 5. The number of amides is 1. The Morgan fingerprint density at radius 2 is 1.82 bits per heavy atom. The van der Waals surface area contributed by atoms with Crippen LogP contribution in [0.5, 0.6) is 5.88 Å². The van der Waals surface area contributed by atoms with Crippen molar-refractivity contribution >= 4 is 16.2 Å². The molecule has 0 unspecified atom stereocenters. The van der Waals surface area contributed by atoms with Gasteiger partial charge < -0.3 is 14.2 Å². The lowest BCUT2D eigenvalue weighted by molar-refractivity contribution is -0.0501. The fourth-order valence-electron chi connectivity index (χ4n) is 2.94. The van der Waals surface area contributed by atoms with Gasteiger partial charge in [-0.05, 0) is 12.0 Å². The van der Waals surface area contributed by atoms with Gasteiger partial charge in [0.25, 0.3) is 5.88 Å². The summed E-state index contributed by atoms with van der Waals surface area (Å²) in [5.41, 5.74) is -4.20. The summed E-state index contributed by atoms with van der Waals surface area (Å²) >= 11 is 0. The number of alkyl halides is 3. The second kappa shape index (κ2) is 7.34. The third kappa shape index (κ3) is 4.06. The maximum absolute atomic E-state index is 12.7. The van der Waals surface area contributed by atoms with Crippen molar-refractivity contribution in [3.05, 3.63) is 47.2 Å². The van der Waals surface area contributed by atoms with Crippen LogP contribution >= 0.6 is 0 Å². The number of hydrogen-bond donors (Lipinski definition) is 1. The van der Waals surface area contributed by atoms with Crippen LogP contribution in [-0.4, -0.2) is 52.9 Å². The van der Waals surface area contributed by atoms with Gasteiger partial charge in [0.15, 0.2) is 0 Å². The lowest BCUT2D eigenvalue weighted by Gasteiger charge is -2.16. The molecule has 1 aromatic heterocycles. The summed E-state index contributed by atoms with van der Waals surface area (Å²) in [4.78, 5) is 12.3. The lowest BCUT2D eigenvalue weighted by Crippen LogP contribution is -2.32. The number of carboxylic acid groups (broad SMARTS) is 1. The van der Waals surface area contributed by atoms with Crippen LogP contribution in [0.15, 0.2) is 30.3 Å². The Balaban J connectivity index is 2.00. The van der Waals surface area contributed by atoms with Gasteiger partial charge in [-0.15, -0.1) is 5.10 Å². The molecule has 0 spiro atoms. The molecule has 1 N–H and O–H groups in total. The van der Waals surface area contributed by atoms with Gasteiger partial charge in [0, 0.05) is 30.8 Å². The summed E-state index contributed by atoms with van der Waals surface area (Å²) in [6.07, 6.45) is -1.02. The van der Waals surface area contributed by atoms with Crippen molar-refractivity contribution < 1.29 is 35.7 Å². The van der Waals surface area contributed by atoms with E-state index in [-0.39, 0.29) is 38.0 Å². The molecule has 28 heavy (non-hydrogen) atoms. The lowest BCUT2D eigenvalue weighted by atomic mass is 10.1. The molecular formula is C16H16F3N3O5S. The van der Waals surface area contributed by atoms with E-state index in [4.69, 9.17) is 0 Å². The van der Waals surface area contributed by atoms with Gasteiger partial charge >= 0.3 is 21.7 Å². The van der Waals surface area contributed by atoms with Gasteiger partial charge in [-0.3, -0.25) is 4.68 Å². The van der Waals surface area contributed by atoms with Gasteiger partial charge in [-0.1, -0.05) is 30.3 Å². The molecule has 12 heteroatoms. The van der Waals surface area contributed by atoms with Crippen molar-refractivity contribution in [3.63, 3.8) is 0 Å². The number of nitrogens with zero attached hydrogens (tertiary/aromatic N) is 3. The number of benzene rings is 1. The van der Waals surface area contributed by atoms with E-state index in [1.807, 2.05) is 0 Å². The van der Waals surface area contributed by atoms with Gasteiger partial charge in [0.1, 0.15) is 0 Å². The van der Waals surface area contributed by atoms with Crippen LogP contribution < -0.4 is 4.18 Å². The van der Waals surface area contributed by atoms with Crippen LogP contribution in [0.25, 0.3) is 0 Å². The summed E-state index contributed by atoms with van der Waals surface area (Å²) in [6, 6.07) is 8.90. The van der Waals surface area contributed by atoms with E-state index in [2.05, 4.69) is 9.28 Å². The molecule has 8 nitrogen and oxygen atoms in total. The number of carbonyl (C=O) groups is 1. The molecule has 0 radical (unpaired) electrons. The molecule has 0 atom stereocenters. The number of halogens is 3. The third-order valence-corrected chi connectivity index (χ3v) is 5.24. The SMILES string of the molecule is O=C(O)N1CCc2c(OS(=O)(=O)C(F)(F)F)nn(Cc3ccccc3)c2CC1. The Bertz CT molecular complexity index is 973. The Morgan fingerprint density at radius 1 is 1.18 bits per heavy atom. The van der Waals surface area contributed by atoms with E-state index in [0.717, 1.165) is 10.5 Å². The van der Waals surface area contributed by atoms with Crippen LogP contribution in [0.3, 0.4) is 0 Å². The Morgan fingerprint density at radius 3 is 2.43 bits per heavy atom. The maximum Gasteiger partial charge on any atom is 0.534 e. The highest BCUT2D eigenvalue weighted by molar-refractivity contribution is 7.87. The predicted molar refractivity (Wildman–Crippen MR) is 90.4 cm³/mol. The molecule has 0 saturated carbocycles. The van der Waals surface area contributed by atoms with E-state index >= 15 is 0 Å². The molecular weight excluding hydrogens is 403 g/mol. The molecule has 0 fully saturated rings. The van der Waals surface area contributed by atoms with Crippen LogP contribution in [0.2, 0.25) is 0 Å². The second-order valence-electron chi connectivity index (χ2n) is 6.13. The van der Waals surface area contributed by atoms with E-state index in [1.54, 1.807) is 30.3 Å². The maximum atomic E-state index is 12.7. The van der Waals surface area contributed by atoms with E-state index in [0.29, 0.717) is 5.69 Å². The number of aromatic nitrogens is 2. The molecule has 1 aromatic carbocycles. The van der Waals surface area contributed by atoms with Crippen LogP contribution in [0.1, 0.15) is 16.8 Å². The first kappa shape index (κ1) is 20.0. The largest absolute Gasteiger partial charge is 0.534 e. The highest BCUT2D eigenvalue weighted by Gasteiger charge is 2.49. The normalized spacial score (nSPS) is 15.0. The highest BCUT2D eigenvalue weighted by Crippen LogP contribution is 2.31. The van der Waals surface area contributed by atoms with Crippen molar-refractivity contribution in [2.45, 2.75) is 24.9 Å². The molecule has 0 aliphatic carbocycles. The van der Waals surface area contributed by atoms with E-state index in [1.165, 1.54) is 4.68 Å². The summed E-state index contributed by atoms with van der Waals surface area (Å²) in [7, 11) is -5.89. The molecule has 1 aliphatic heterocycles. The molecule has 1 amide bonds. The second-order valence-corrected chi connectivity index (χ2v) is 7.66. The van der Waals surface area contributed by atoms with Crippen LogP contribution in [0.4, 0.5) is 18.0 Å². The first-order chi connectivity index (χ1) is 13.1. The number of fused-ring (bicyclic) bond motifs is 1. The van der Waals surface area contributed by atoms with Crippen molar-refractivity contribution in [1.29, 1.82) is 0 Å². The standard InChI is InChI=1S/C16H16F3N3O5S/c17-16(18,19)28(25,26)27-14-12-6-8-21(15(23)24)9-7-13(12)22(20-14)10-11-4-2-1-3-5-11/h1-5H,6-10H2,(H,23,24). The molecule has 0 bridgehead atoms. The first-order valence-corrected chi connectivity index (χ1v) is 9.60. The van der Waals surface area contributed by atoms with Crippen molar-refractivity contribution in [2.24, 2.45) is 0 Å². The Kier molecular flexibility index (Phi) is 5.24. The minimum absolute atomic E-state index is 0.0121. The van der Waals surface area contributed by atoms with Gasteiger partial charge in [-0.2, -0.15) is 21.6 Å². The zero-order valence-electron chi connectivity index (χ0n) is 14.4. The average Bonchev–Trinajstić information content (AvgIpc) is 2.79. The molecule has 2 aromatic rings. The number of rotatable bonds is 4. The fraction of sp³-hybridized carbons (Fsp3) is 0.375.